The number of H-pyrrole nitrogens is 1. The van der Waals surface area contributed by atoms with Crippen LogP contribution in [0.1, 0.15) is 10.4 Å². The van der Waals surface area contributed by atoms with E-state index in [1.54, 1.807) is 7.11 Å². The van der Waals surface area contributed by atoms with Crippen LogP contribution in [0.4, 0.5) is 0 Å². The first kappa shape index (κ1) is 17.2. The lowest BCUT2D eigenvalue weighted by atomic mass is 10.1. The number of aryl methyl sites for hydroxylation is 1. The average Bonchev–Trinajstić information content (AvgIpc) is 2.88. The number of nitrogens with zero attached hydrogens (tertiary/aromatic N) is 1. The van der Waals surface area contributed by atoms with Gasteiger partial charge in [0.2, 0.25) is 0 Å². The van der Waals surface area contributed by atoms with Crippen molar-refractivity contribution >= 4 is 11.3 Å². The summed E-state index contributed by atoms with van der Waals surface area (Å²) in [5.41, 5.74) is 2.91. The highest BCUT2D eigenvalue weighted by Crippen LogP contribution is 2.28. The van der Waals surface area contributed by atoms with E-state index in [1.807, 2.05) is 37.3 Å². The summed E-state index contributed by atoms with van der Waals surface area (Å²) in [6.45, 7) is 11.7. The second kappa shape index (κ2) is 7.94. The van der Waals surface area contributed by atoms with Gasteiger partial charge in [0.15, 0.2) is 0 Å². The molecule has 122 valence electrons. The third-order valence-electron chi connectivity index (χ3n) is 3.55. The number of methoxy groups -OCH3 is 1. The molecule has 0 saturated heterocycles. The van der Waals surface area contributed by atoms with Gasteiger partial charge in [-0.15, -0.1) is 13.2 Å². The maximum atomic E-state index is 11.9. The molecule has 2 aromatic rings. The predicted octanol–water partition coefficient (Wildman–Crippen LogP) is 3.59. The number of hydrogen-bond acceptors (Lipinski definition) is 4. The second-order valence-corrected chi connectivity index (χ2v) is 6.34. The lowest BCUT2D eigenvalue weighted by molar-refractivity contribution is 0.331. The number of rotatable bonds is 8. The highest BCUT2D eigenvalue weighted by molar-refractivity contribution is 7.09. The fourth-order valence-corrected chi connectivity index (χ4v) is 3.41. The van der Waals surface area contributed by atoms with Crippen LogP contribution >= 0.6 is 11.3 Å². The van der Waals surface area contributed by atoms with Gasteiger partial charge in [-0.25, -0.2) is 0 Å². The van der Waals surface area contributed by atoms with Crippen LogP contribution in [-0.4, -0.2) is 30.1 Å². The quantitative estimate of drug-likeness (QED) is 0.752. The Labute approximate surface area is 140 Å². The smallest absolute Gasteiger partial charge is 0.305 e. The molecule has 0 aliphatic heterocycles. The molecule has 5 heteroatoms. The molecule has 0 amide bonds. The Morgan fingerprint density at radius 2 is 2.00 bits per heavy atom. The number of thiazole rings is 1. The van der Waals surface area contributed by atoms with E-state index in [1.165, 1.54) is 11.3 Å². The third kappa shape index (κ3) is 4.21. The standard InChI is InChI=1S/C18H22N2O2S/c1-5-9-20(10-6-2)12-16-17(19-18(21)23-16)14-7-8-15(22-4)13(3)11-14/h5-8,11H,1-2,9-10,12H2,3-4H3,(H,19,21). The van der Waals surface area contributed by atoms with Gasteiger partial charge in [-0.1, -0.05) is 23.5 Å². The van der Waals surface area contributed by atoms with Crippen molar-refractivity contribution in [3.63, 3.8) is 0 Å². The first-order chi connectivity index (χ1) is 11.1. The zero-order valence-electron chi connectivity index (χ0n) is 13.6. The first-order valence-electron chi connectivity index (χ1n) is 7.40. The fraction of sp³-hybridized carbons (Fsp3) is 0.278. The van der Waals surface area contributed by atoms with E-state index in [0.717, 1.165) is 40.5 Å². The van der Waals surface area contributed by atoms with Crippen molar-refractivity contribution in [2.24, 2.45) is 0 Å². The van der Waals surface area contributed by atoms with Crippen LogP contribution in [-0.2, 0) is 6.54 Å². The molecule has 23 heavy (non-hydrogen) atoms. The van der Waals surface area contributed by atoms with E-state index >= 15 is 0 Å². The zero-order chi connectivity index (χ0) is 16.8. The van der Waals surface area contributed by atoms with E-state index in [-0.39, 0.29) is 4.87 Å². The molecule has 0 spiro atoms. The average molecular weight is 330 g/mol. The van der Waals surface area contributed by atoms with Gasteiger partial charge in [0, 0.05) is 24.5 Å². The lowest BCUT2D eigenvalue weighted by Crippen LogP contribution is -2.23. The largest absolute Gasteiger partial charge is 0.496 e. The van der Waals surface area contributed by atoms with Crippen LogP contribution in [0.5, 0.6) is 5.75 Å². The predicted molar refractivity (Wildman–Crippen MR) is 97.3 cm³/mol. The Balaban J connectivity index is 2.36. The molecule has 0 aliphatic carbocycles. The minimum absolute atomic E-state index is 0.0411. The first-order valence-corrected chi connectivity index (χ1v) is 8.21. The van der Waals surface area contributed by atoms with E-state index in [2.05, 4.69) is 23.0 Å². The van der Waals surface area contributed by atoms with Gasteiger partial charge >= 0.3 is 4.87 Å². The molecule has 0 aliphatic rings. The SMILES string of the molecule is C=CCN(CC=C)Cc1sc(=O)[nH]c1-c1ccc(OC)c(C)c1. The zero-order valence-corrected chi connectivity index (χ0v) is 14.4. The Kier molecular flexibility index (Phi) is 5.96. The van der Waals surface area contributed by atoms with Crippen LogP contribution in [0.2, 0.25) is 0 Å². The molecule has 1 N–H and O–H groups in total. The summed E-state index contributed by atoms with van der Waals surface area (Å²) in [5.74, 6) is 0.841. The van der Waals surface area contributed by atoms with E-state index in [0.29, 0.717) is 6.54 Å². The van der Waals surface area contributed by atoms with Crippen molar-refractivity contribution in [1.29, 1.82) is 0 Å². The summed E-state index contributed by atoms with van der Waals surface area (Å²) in [6.07, 6.45) is 3.71. The molecule has 0 bridgehead atoms. The van der Waals surface area contributed by atoms with Crippen molar-refractivity contribution in [2.75, 3.05) is 20.2 Å². The van der Waals surface area contributed by atoms with Gasteiger partial charge in [0.25, 0.3) is 0 Å². The van der Waals surface area contributed by atoms with E-state index in [9.17, 15) is 4.79 Å². The van der Waals surface area contributed by atoms with Crippen LogP contribution in [0.15, 0.2) is 48.3 Å². The summed E-state index contributed by atoms with van der Waals surface area (Å²) < 4.78 is 5.30. The van der Waals surface area contributed by atoms with Gasteiger partial charge in [0.1, 0.15) is 5.75 Å². The van der Waals surface area contributed by atoms with Crippen molar-refractivity contribution in [3.05, 3.63) is 63.6 Å². The topological polar surface area (TPSA) is 45.3 Å². The minimum atomic E-state index is -0.0411. The van der Waals surface area contributed by atoms with Crippen LogP contribution in [0.25, 0.3) is 11.3 Å². The second-order valence-electron chi connectivity index (χ2n) is 5.27. The molecule has 2 rings (SSSR count). The number of nitrogens with one attached hydrogen (secondary N) is 1. The Morgan fingerprint density at radius 1 is 1.30 bits per heavy atom. The fourth-order valence-electron chi connectivity index (χ4n) is 2.51. The number of aromatic amines is 1. The normalized spacial score (nSPS) is 10.7. The van der Waals surface area contributed by atoms with E-state index < -0.39 is 0 Å². The van der Waals surface area contributed by atoms with Gasteiger partial charge in [-0.3, -0.25) is 9.69 Å². The Morgan fingerprint density at radius 3 is 2.57 bits per heavy atom. The third-order valence-corrected chi connectivity index (χ3v) is 4.41. The number of ether oxygens (including phenoxy) is 1. The van der Waals surface area contributed by atoms with Crippen molar-refractivity contribution in [3.8, 4) is 17.0 Å². The summed E-state index contributed by atoms with van der Waals surface area (Å²) in [7, 11) is 1.66. The van der Waals surface area contributed by atoms with E-state index in [4.69, 9.17) is 4.74 Å². The highest BCUT2D eigenvalue weighted by Gasteiger charge is 2.14. The molecule has 1 aromatic heterocycles. The van der Waals surface area contributed by atoms with Crippen LogP contribution in [0, 0.1) is 6.92 Å². The maximum Gasteiger partial charge on any atom is 0.305 e. The van der Waals surface area contributed by atoms with Crippen molar-refractivity contribution in [2.45, 2.75) is 13.5 Å². The lowest BCUT2D eigenvalue weighted by Gasteiger charge is -2.18. The van der Waals surface area contributed by atoms with Crippen molar-refractivity contribution < 1.29 is 4.74 Å². The molecule has 0 unspecified atom stereocenters. The number of benzene rings is 1. The van der Waals surface area contributed by atoms with Crippen molar-refractivity contribution in [1.82, 2.24) is 9.88 Å². The number of aromatic nitrogens is 1. The summed E-state index contributed by atoms with van der Waals surface area (Å²) >= 11 is 1.25. The molecule has 0 saturated carbocycles. The molecular weight excluding hydrogens is 308 g/mol. The minimum Gasteiger partial charge on any atom is -0.496 e. The summed E-state index contributed by atoms with van der Waals surface area (Å²) in [6, 6.07) is 5.93. The Hall–Kier alpha value is -2.11. The number of hydrogen-bond donors (Lipinski definition) is 1. The van der Waals surface area contributed by atoms with Crippen LogP contribution in [0.3, 0.4) is 0 Å². The summed E-state index contributed by atoms with van der Waals surface area (Å²) in [4.78, 5) is 18.0. The molecule has 4 nitrogen and oxygen atoms in total. The molecule has 0 radical (unpaired) electrons. The molecule has 1 aromatic carbocycles. The molecule has 0 atom stereocenters. The van der Waals surface area contributed by atoms with Gasteiger partial charge in [0.05, 0.1) is 12.8 Å². The molecule has 1 heterocycles. The molecular formula is C18H22N2O2S. The molecule has 0 fully saturated rings. The monoisotopic (exact) mass is 330 g/mol. The van der Waals surface area contributed by atoms with Gasteiger partial charge < -0.3 is 9.72 Å². The highest BCUT2D eigenvalue weighted by atomic mass is 32.1. The summed E-state index contributed by atoms with van der Waals surface area (Å²) in [5, 5.41) is 0. The Bertz CT molecular complexity index is 736. The maximum absolute atomic E-state index is 11.9. The van der Waals surface area contributed by atoms with Gasteiger partial charge in [-0.05, 0) is 36.2 Å². The van der Waals surface area contributed by atoms with Gasteiger partial charge in [-0.2, -0.15) is 0 Å². The van der Waals surface area contributed by atoms with Crippen LogP contribution < -0.4 is 9.61 Å².